The van der Waals surface area contributed by atoms with E-state index in [1.807, 2.05) is 0 Å². The molecule has 0 radical (unpaired) electrons. The molecule has 0 fully saturated rings. The third-order valence-corrected chi connectivity index (χ3v) is 7.37. The van der Waals surface area contributed by atoms with Gasteiger partial charge in [0.25, 0.3) is 0 Å². The molecule has 2 aliphatic rings. The van der Waals surface area contributed by atoms with Gasteiger partial charge >= 0.3 is 117 Å². The van der Waals surface area contributed by atoms with Gasteiger partial charge in [0, 0.05) is 0 Å². The van der Waals surface area contributed by atoms with Crippen LogP contribution in [0.2, 0.25) is 0 Å². The van der Waals surface area contributed by atoms with Crippen molar-refractivity contribution in [1.82, 2.24) is 0 Å². The van der Waals surface area contributed by atoms with Gasteiger partial charge in [-0.15, -0.1) is 0 Å². The van der Waals surface area contributed by atoms with Crippen LogP contribution in [0.25, 0.3) is 0 Å². The largest absolute Gasteiger partial charge is 1.00 e. The Morgan fingerprint density at radius 1 is 1.21 bits per heavy atom. The molecule has 0 aliphatic heterocycles. The Morgan fingerprint density at radius 2 is 1.84 bits per heavy atom. The van der Waals surface area contributed by atoms with Crippen LogP contribution in [0, 0.1) is 5.92 Å². The van der Waals surface area contributed by atoms with E-state index in [1.165, 1.54) is 0 Å². The molecule has 0 amide bonds. The van der Waals surface area contributed by atoms with Crippen LogP contribution in [0.1, 0.15) is 41.0 Å². The smallest absolute Gasteiger partial charge is 1.00 e. The van der Waals surface area contributed by atoms with Crippen LogP contribution >= 0.6 is 0 Å². The van der Waals surface area contributed by atoms with Gasteiger partial charge in [-0.1, -0.05) is 0 Å². The van der Waals surface area contributed by atoms with Crippen molar-refractivity contribution in [2.45, 2.75) is 41.0 Å². The van der Waals surface area contributed by atoms with Gasteiger partial charge in [0.05, 0.1) is 0 Å². The maximum absolute atomic E-state index is 2.40. The Labute approximate surface area is 141 Å². The van der Waals surface area contributed by atoms with Gasteiger partial charge in [-0.2, -0.15) is 0 Å². The average Bonchev–Trinajstić information content (AvgIpc) is 2.84. The SMILES string of the molecule is C[C](C)=[Zr+2][C]1=C(C2=CC=CC2)C(C)=C(C)C1C.[Cl-].[Cl-]. The first-order chi connectivity index (χ1) is 8.02. The van der Waals surface area contributed by atoms with Crippen molar-refractivity contribution >= 4 is 3.21 Å². The van der Waals surface area contributed by atoms with E-state index in [0.29, 0.717) is 5.92 Å². The standard InChI is InChI=1S/C13H15.C3H6.2ClH.Zr/c1-9-8-13(11(3)10(9)2)12-6-4-5-7-12;1-3-2;;;/h4-6,9H,7H2,1-3H3;1-2H3;2*1H;/q;;;;+2/p-2. The van der Waals surface area contributed by atoms with Crippen LogP contribution < -0.4 is 24.8 Å². The third-order valence-electron chi connectivity index (χ3n) is 3.80. The van der Waals surface area contributed by atoms with Gasteiger partial charge in [0.15, 0.2) is 0 Å². The molecule has 0 nitrogen and oxygen atoms in total. The quantitative estimate of drug-likeness (QED) is 0.546. The van der Waals surface area contributed by atoms with Gasteiger partial charge in [-0.3, -0.25) is 0 Å². The maximum atomic E-state index is 2.40. The zero-order valence-electron chi connectivity index (χ0n) is 12.3. The summed E-state index contributed by atoms with van der Waals surface area (Å²) in [6.45, 7) is 11.7. The molecule has 0 spiro atoms. The van der Waals surface area contributed by atoms with Crippen molar-refractivity contribution < 1.29 is 47.6 Å². The molecule has 103 valence electrons. The fourth-order valence-electron chi connectivity index (χ4n) is 2.64. The fourth-order valence-corrected chi connectivity index (χ4v) is 6.19. The molecule has 0 aromatic heterocycles. The molecule has 0 bridgehead atoms. The first-order valence-electron chi connectivity index (χ1n) is 6.37. The van der Waals surface area contributed by atoms with E-state index in [4.69, 9.17) is 0 Å². The molecule has 3 heteroatoms. The minimum absolute atomic E-state index is 0. The average molecular weight is 375 g/mol. The summed E-state index contributed by atoms with van der Waals surface area (Å²) >= 11 is -0.484. The van der Waals surface area contributed by atoms with Gasteiger partial charge in [0.2, 0.25) is 0 Å². The fraction of sp³-hybridized carbons (Fsp3) is 0.438. The van der Waals surface area contributed by atoms with Crippen molar-refractivity contribution in [3.05, 3.63) is 43.8 Å². The van der Waals surface area contributed by atoms with Crippen LogP contribution in [-0.4, -0.2) is 3.21 Å². The Hall–Kier alpha value is 0.293. The molecule has 1 atom stereocenters. The molecular formula is C16H21Cl2Zr. The maximum Gasteiger partial charge on any atom is -1.00 e. The van der Waals surface area contributed by atoms with E-state index in [1.54, 1.807) is 28.8 Å². The second-order valence-electron chi connectivity index (χ2n) is 5.27. The topological polar surface area (TPSA) is 0 Å². The molecular weight excluding hydrogens is 354 g/mol. The zero-order valence-corrected chi connectivity index (χ0v) is 16.2. The number of halogens is 2. The van der Waals surface area contributed by atoms with E-state index < -0.39 is 22.8 Å². The van der Waals surface area contributed by atoms with Crippen molar-refractivity contribution in [2.24, 2.45) is 5.92 Å². The summed E-state index contributed by atoms with van der Waals surface area (Å²) in [6, 6.07) is 0. The molecule has 0 saturated heterocycles. The molecule has 0 N–H and O–H groups in total. The summed E-state index contributed by atoms with van der Waals surface area (Å²) in [6.07, 6.45) is 7.94. The molecule has 2 aliphatic carbocycles. The van der Waals surface area contributed by atoms with E-state index in [0.717, 1.165) is 6.42 Å². The number of hydrogen-bond donors (Lipinski definition) is 0. The second kappa shape index (κ2) is 7.91. The Balaban J connectivity index is 0.00000162. The molecule has 19 heavy (non-hydrogen) atoms. The second-order valence-corrected chi connectivity index (χ2v) is 9.66. The van der Waals surface area contributed by atoms with Crippen LogP contribution in [0.3, 0.4) is 0 Å². The molecule has 0 aromatic carbocycles. The zero-order chi connectivity index (χ0) is 12.6. The van der Waals surface area contributed by atoms with E-state index in [-0.39, 0.29) is 24.8 Å². The number of allylic oxidation sites excluding steroid dienone is 8. The Kier molecular flexibility index (Phi) is 8.04. The minimum atomic E-state index is -0.484. The van der Waals surface area contributed by atoms with Crippen LogP contribution in [0.15, 0.2) is 43.8 Å². The summed E-state index contributed by atoms with van der Waals surface area (Å²) < 4.78 is 3.49. The van der Waals surface area contributed by atoms with E-state index >= 15 is 0 Å². The van der Waals surface area contributed by atoms with E-state index in [2.05, 4.69) is 52.8 Å². The van der Waals surface area contributed by atoms with Crippen molar-refractivity contribution in [3.63, 3.8) is 0 Å². The predicted octanol–water partition coefficient (Wildman–Crippen LogP) is -1.58. The summed E-state index contributed by atoms with van der Waals surface area (Å²) in [5.74, 6) is 0.702. The van der Waals surface area contributed by atoms with Crippen LogP contribution in [-0.2, 0) is 22.8 Å². The van der Waals surface area contributed by atoms with Gasteiger partial charge in [-0.25, -0.2) is 0 Å². The van der Waals surface area contributed by atoms with E-state index in [9.17, 15) is 0 Å². The first-order valence-corrected chi connectivity index (χ1v) is 8.83. The number of hydrogen-bond acceptors (Lipinski definition) is 0. The van der Waals surface area contributed by atoms with Crippen LogP contribution in [0.4, 0.5) is 0 Å². The van der Waals surface area contributed by atoms with Crippen molar-refractivity contribution in [2.75, 3.05) is 0 Å². The summed E-state index contributed by atoms with van der Waals surface area (Å²) in [4.78, 5) is 0. The first kappa shape index (κ1) is 19.3. The van der Waals surface area contributed by atoms with Crippen molar-refractivity contribution in [1.29, 1.82) is 0 Å². The Bertz CT molecular complexity index is 501. The Morgan fingerprint density at radius 3 is 2.32 bits per heavy atom. The molecule has 1 unspecified atom stereocenters. The number of rotatable bonds is 2. The summed E-state index contributed by atoms with van der Waals surface area (Å²) in [5, 5.41) is 0. The van der Waals surface area contributed by atoms with Gasteiger partial charge in [-0.05, 0) is 0 Å². The third kappa shape index (κ3) is 3.90. The van der Waals surface area contributed by atoms with Gasteiger partial charge < -0.3 is 24.8 Å². The minimum Gasteiger partial charge on any atom is -1.00 e. The molecule has 0 heterocycles. The summed E-state index contributed by atoms with van der Waals surface area (Å²) in [7, 11) is 0. The van der Waals surface area contributed by atoms with Gasteiger partial charge in [0.1, 0.15) is 0 Å². The molecule has 0 saturated carbocycles. The summed E-state index contributed by atoms with van der Waals surface area (Å²) in [5.41, 5.74) is 6.35. The van der Waals surface area contributed by atoms with Crippen molar-refractivity contribution in [3.8, 4) is 0 Å². The monoisotopic (exact) mass is 373 g/mol. The van der Waals surface area contributed by atoms with Crippen LogP contribution in [0.5, 0.6) is 0 Å². The predicted molar refractivity (Wildman–Crippen MR) is 72.8 cm³/mol. The normalized spacial score (nSPS) is 20.9. The molecule has 2 rings (SSSR count). The molecule has 0 aromatic rings.